The van der Waals surface area contributed by atoms with Gasteiger partial charge in [-0.05, 0) is 97.6 Å². The Morgan fingerprint density at radius 1 is 1.19 bits per heavy atom. The molecule has 3 fully saturated rings. The van der Waals surface area contributed by atoms with Gasteiger partial charge in [0.2, 0.25) is 5.60 Å². The average molecular weight is 509 g/mol. The second-order valence-corrected chi connectivity index (χ2v) is 12.0. The zero-order chi connectivity index (χ0) is 26.3. The number of hydrogen-bond acceptors (Lipinski definition) is 5. The Morgan fingerprint density at radius 2 is 1.92 bits per heavy atom. The van der Waals surface area contributed by atoms with E-state index in [-0.39, 0.29) is 41.8 Å². The number of hydrogen-bond donors (Lipinski definition) is 2. The molecule has 4 aliphatic carbocycles. The number of allylic oxidation sites excluding steroid dienone is 1. The summed E-state index contributed by atoms with van der Waals surface area (Å²) in [5.74, 6) is -1.87. The van der Waals surface area contributed by atoms with E-state index in [0.717, 1.165) is 36.2 Å². The molecular weight excluding hydrogens is 475 g/mol. The topological polar surface area (TPSA) is 102 Å². The minimum absolute atomic E-state index is 0.0326. The highest BCUT2D eigenvalue weighted by Crippen LogP contribution is 2.68. The fourth-order valence-electron chi connectivity index (χ4n) is 8.77. The van der Waals surface area contributed by atoms with E-state index < -0.39 is 29.1 Å². The summed E-state index contributed by atoms with van der Waals surface area (Å²) in [4.78, 5) is 24.5. The van der Waals surface area contributed by atoms with Crippen molar-refractivity contribution in [2.75, 3.05) is 0 Å². The molecule has 2 N–H and O–H groups in total. The van der Waals surface area contributed by atoms with Crippen LogP contribution in [0, 0.1) is 34.4 Å². The lowest BCUT2D eigenvalue weighted by Gasteiger charge is -2.60. The maximum absolute atomic E-state index is 13.5. The molecule has 196 valence electrons. The van der Waals surface area contributed by atoms with Gasteiger partial charge < -0.3 is 14.9 Å². The first-order valence-electron chi connectivity index (χ1n) is 13.1. The first-order chi connectivity index (χ1) is 17.5. The van der Waals surface area contributed by atoms with Crippen LogP contribution in [0.3, 0.4) is 0 Å². The number of benzene rings is 1. The number of aliphatic carboxylic acids is 1. The molecule has 7 nitrogen and oxygen atoms in total. The van der Waals surface area contributed by atoms with Crippen LogP contribution in [0.5, 0.6) is 0 Å². The number of carboxylic acid groups (broad SMARTS) is 1. The number of fused-ring (bicyclic) bond motifs is 6. The molecule has 8 heteroatoms. The molecule has 3 saturated carbocycles. The van der Waals surface area contributed by atoms with Crippen molar-refractivity contribution >= 4 is 18.0 Å². The largest absolute Gasteiger partial charge is 0.478 e. The Bertz CT molecular complexity index is 1320. The van der Waals surface area contributed by atoms with E-state index in [2.05, 4.69) is 18.1 Å². The summed E-state index contributed by atoms with van der Waals surface area (Å²) < 4.78 is 20.9. The summed E-state index contributed by atoms with van der Waals surface area (Å²) in [5.41, 5.74) is 1.42. The maximum Gasteiger partial charge on any atom is 0.348 e. The van der Waals surface area contributed by atoms with Crippen LogP contribution in [-0.4, -0.2) is 43.6 Å². The molecule has 0 aliphatic heterocycles. The molecule has 0 amide bonds. The van der Waals surface area contributed by atoms with Gasteiger partial charge in [0.1, 0.15) is 5.82 Å². The third-order valence-corrected chi connectivity index (χ3v) is 10.3. The van der Waals surface area contributed by atoms with Gasteiger partial charge in [0.15, 0.2) is 0 Å². The minimum Gasteiger partial charge on any atom is -0.478 e. The van der Waals surface area contributed by atoms with Crippen molar-refractivity contribution in [1.29, 1.82) is 0 Å². The fourth-order valence-corrected chi connectivity index (χ4v) is 8.77. The van der Waals surface area contributed by atoms with Crippen LogP contribution in [0.15, 0.2) is 36.0 Å². The van der Waals surface area contributed by atoms with Crippen molar-refractivity contribution in [2.45, 2.75) is 71.0 Å². The fraction of sp³-hybridized carbons (Fsp3) is 0.552. The number of aliphatic hydroxyl groups excluding tert-OH is 1. The summed E-state index contributed by atoms with van der Waals surface area (Å²) in [5, 5.41) is 26.6. The summed E-state index contributed by atoms with van der Waals surface area (Å²) in [6.07, 6.45) is 6.97. The molecule has 3 unspecified atom stereocenters. The second-order valence-electron chi connectivity index (χ2n) is 12.0. The molecule has 2 aromatic rings. The molecular formula is C29H33FN2O5. The minimum atomic E-state index is -1.61. The van der Waals surface area contributed by atoms with E-state index >= 15 is 0 Å². The van der Waals surface area contributed by atoms with Crippen LogP contribution in [0.25, 0.3) is 11.8 Å². The predicted octanol–water partition coefficient (Wildman–Crippen LogP) is 4.55. The van der Waals surface area contributed by atoms with Crippen LogP contribution < -0.4 is 0 Å². The lowest BCUT2D eigenvalue weighted by molar-refractivity contribution is -0.209. The monoisotopic (exact) mass is 508 g/mol. The van der Waals surface area contributed by atoms with Crippen LogP contribution in [0.4, 0.5) is 4.39 Å². The number of aromatic nitrogens is 2. The Hall–Kier alpha value is -3.00. The van der Waals surface area contributed by atoms with E-state index in [0.29, 0.717) is 6.42 Å². The van der Waals surface area contributed by atoms with E-state index in [4.69, 9.17) is 4.74 Å². The van der Waals surface area contributed by atoms with Gasteiger partial charge in [-0.2, -0.15) is 5.10 Å². The number of esters is 1. The molecule has 0 saturated heterocycles. The first-order valence-corrected chi connectivity index (χ1v) is 13.1. The van der Waals surface area contributed by atoms with E-state index in [9.17, 15) is 24.2 Å². The third-order valence-electron chi connectivity index (χ3n) is 10.3. The second kappa shape index (κ2) is 8.00. The van der Waals surface area contributed by atoms with Crippen LogP contribution >= 0.6 is 0 Å². The van der Waals surface area contributed by atoms with Crippen LogP contribution in [0.1, 0.15) is 64.1 Å². The molecule has 4 aliphatic rings. The molecule has 0 bridgehead atoms. The van der Waals surface area contributed by atoms with Crippen molar-refractivity contribution in [1.82, 2.24) is 9.78 Å². The van der Waals surface area contributed by atoms with Crippen molar-refractivity contribution in [3.05, 3.63) is 53.1 Å². The van der Waals surface area contributed by atoms with Crippen LogP contribution in [0.2, 0.25) is 0 Å². The van der Waals surface area contributed by atoms with Crippen molar-refractivity contribution < 1.29 is 28.9 Å². The average Bonchev–Trinajstić information content (AvgIpc) is 3.35. The van der Waals surface area contributed by atoms with Gasteiger partial charge >= 0.3 is 11.9 Å². The zero-order valence-electron chi connectivity index (χ0n) is 21.4. The number of rotatable bonds is 3. The Labute approximate surface area is 215 Å². The summed E-state index contributed by atoms with van der Waals surface area (Å²) in [7, 11) is 0. The Morgan fingerprint density at radius 3 is 2.59 bits per heavy atom. The number of aliphatic hydroxyl groups is 1. The molecule has 6 rings (SSSR count). The highest BCUT2D eigenvalue weighted by molar-refractivity contribution is 5.83. The zero-order valence-corrected chi connectivity index (χ0v) is 21.4. The van der Waals surface area contributed by atoms with Crippen molar-refractivity contribution in [3.8, 4) is 5.69 Å². The Balaban J connectivity index is 1.37. The lowest BCUT2D eigenvalue weighted by atomic mass is 9.45. The van der Waals surface area contributed by atoms with Gasteiger partial charge in [-0.1, -0.05) is 19.4 Å². The number of carbonyl (C=O) groups is 2. The number of ether oxygens (including phenoxy) is 1. The number of halogens is 1. The van der Waals surface area contributed by atoms with E-state index in [1.807, 2.05) is 17.8 Å². The van der Waals surface area contributed by atoms with E-state index in [1.165, 1.54) is 24.6 Å². The molecule has 37 heavy (non-hydrogen) atoms. The third kappa shape index (κ3) is 3.24. The van der Waals surface area contributed by atoms with E-state index in [1.54, 1.807) is 12.1 Å². The van der Waals surface area contributed by atoms with Crippen molar-refractivity contribution in [3.63, 3.8) is 0 Å². The molecule has 7 atom stereocenters. The smallest absolute Gasteiger partial charge is 0.348 e. The molecule has 1 aromatic heterocycles. The lowest BCUT2D eigenvalue weighted by Crippen LogP contribution is -2.62. The van der Waals surface area contributed by atoms with Crippen LogP contribution in [-0.2, 0) is 20.7 Å². The SMILES string of the molecule is CC(=O)O[C@]1(C(=O)O)CC[C@H]2[C@@H]3CCC4=Cc5c(cnn5-c5ccc(F)cc5)CC4(C)[C@H]3C(O)CC21C. The maximum atomic E-state index is 13.5. The molecule has 1 heterocycles. The summed E-state index contributed by atoms with van der Waals surface area (Å²) >= 11 is 0. The summed E-state index contributed by atoms with van der Waals surface area (Å²) in [6.45, 7) is 5.39. The predicted molar refractivity (Wildman–Crippen MR) is 133 cm³/mol. The molecule has 0 radical (unpaired) electrons. The van der Waals surface area contributed by atoms with Gasteiger partial charge in [-0.15, -0.1) is 0 Å². The summed E-state index contributed by atoms with van der Waals surface area (Å²) in [6, 6.07) is 6.29. The molecule has 0 spiro atoms. The normalized spacial score (nSPS) is 38.0. The number of carboxylic acids is 1. The van der Waals surface area contributed by atoms with Crippen molar-refractivity contribution in [2.24, 2.45) is 28.6 Å². The standard InChI is InChI=1S/C29H33FN2O5/c1-16(33)37-29(26(35)36)11-10-22-21-9-4-18-12-23-17(15-31-32(23)20-7-5-19(30)6-8-20)13-27(18,2)25(21)24(34)14-28(22,29)3/h5-8,12,15,21-22,24-25,34H,4,9-11,13-14H2,1-3H3,(H,35,36)/t21-,22-,24?,25+,27?,28?,29-/m0/s1. The van der Waals surface area contributed by atoms with Gasteiger partial charge in [0.05, 0.1) is 23.7 Å². The quantitative estimate of drug-likeness (QED) is 0.590. The Kier molecular flexibility index (Phi) is 5.26. The van der Waals surface area contributed by atoms with Gasteiger partial charge in [-0.3, -0.25) is 4.79 Å². The van der Waals surface area contributed by atoms with Gasteiger partial charge in [0.25, 0.3) is 0 Å². The van der Waals surface area contributed by atoms with Gasteiger partial charge in [0, 0.05) is 12.3 Å². The highest BCUT2D eigenvalue weighted by Gasteiger charge is 2.71. The van der Waals surface area contributed by atoms with Gasteiger partial charge in [-0.25, -0.2) is 13.9 Å². The first kappa shape index (κ1) is 24.3. The number of carbonyl (C=O) groups excluding carboxylic acids is 1. The highest BCUT2D eigenvalue weighted by atomic mass is 19.1. The molecule has 1 aromatic carbocycles. The number of nitrogens with zero attached hydrogens (tertiary/aromatic N) is 2.